The number of aryl methyl sites for hydroxylation is 1. The Kier molecular flexibility index (Phi) is 7.65. The number of rotatable bonds is 3. The van der Waals surface area contributed by atoms with E-state index >= 15 is 0 Å². The number of piperidine rings is 1. The van der Waals surface area contributed by atoms with Gasteiger partial charge >= 0.3 is 6.18 Å². The number of nitrogens with two attached hydrogens (primary N) is 2. The molecular weight excluding hydrogens is 440 g/mol. The van der Waals surface area contributed by atoms with Crippen molar-refractivity contribution < 1.29 is 13.2 Å². The Labute approximate surface area is 185 Å². The van der Waals surface area contributed by atoms with Gasteiger partial charge in [-0.2, -0.15) is 18.2 Å². The van der Waals surface area contributed by atoms with E-state index in [0.29, 0.717) is 0 Å². The lowest BCUT2D eigenvalue weighted by atomic mass is 10.1. The van der Waals surface area contributed by atoms with Gasteiger partial charge in [0.1, 0.15) is 5.82 Å². The maximum atomic E-state index is 13.1. The number of nitrogens with zero attached hydrogens (tertiary/aromatic N) is 3. The molecular formula is C19H25Cl2F3N6. The first-order valence-electron chi connectivity index (χ1n) is 9.45. The molecule has 0 spiro atoms. The quantitative estimate of drug-likeness (QED) is 0.592. The molecule has 1 aromatic heterocycles. The molecule has 30 heavy (non-hydrogen) atoms. The second-order valence-corrected chi connectivity index (χ2v) is 7.46. The second-order valence-electron chi connectivity index (χ2n) is 7.46. The second kappa shape index (κ2) is 9.45. The van der Waals surface area contributed by atoms with Crippen molar-refractivity contribution >= 4 is 48.0 Å². The third kappa shape index (κ3) is 5.19. The molecule has 1 unspecified atom stereocenters. The van der Waals surface area contributed by atoms with Gasteiger partial charge in [0, 0.05) is 36.1 Å². The fourth-order valence-corrected chi connectivity index (χ4v) is 3.95. The van der Waals surface area contributed by atoms with Gasteiger partial charge in [0.15, 0.2) is 0 Å². The minimum atomic E-state index is -4.47. The largest absolute Gasteiger partial charge is 0.416 e. The van der Waals surface area contributed by atoms with E-state index in [2.05, 4.69) is 20.2 Å². The third-order valence-electron chi connectivity index (χ3n) is 5.21. The molecule has 1 aliphatic carbocycles. The fraction of sp³-hybridized carbons (Fsp3) is 0.474. The first-order chi connectivity index (χ1) is 13.3. The number of nitrogen functional groups attached to an aromatic ring is 1. The zero-order chi connectivity index (χ0) is 19.9. The zero-order valence-electron chi connectivity index (χ0n) is 16.2. The van der Waals surface area contributed by atoms with Crippen molar-refractivity contribution in [2.24, 2.45) is 5.73 Å². The number of hydrogen-bond acceptors (Lipinski definition) is 6. The molecule has 166 valence electrons. The standard InChI is InChI=1S/C19H23F3N6.2ClH/c20-19(21,22)11-7-13(24)9-14(8-11)25-18-26-16-5-1-4-15(16)17(27-18)28-6-2-3-12(23)10-28;;/h7-9,12H,1-6,10,23-24H2,(H,25,26,27);2*1H. The van der Waals surface area contributed by atoms with Crippen LogP contribution >= 0.6 is 24.8 Å². The minimum absolute atomic E-state index is 0. The maximum absolute atomic E-state index is 13.1. The predicted molar refractivity (Wildman–Crippen MR) is 117 cm³/mol. The van der Waals surface area contributed by atoms with Gasteiger partial charge in [-0.3, -0.25) is 0 Å². The number of hydrogen-bond donors (Lipinski definition) is 3. The highest BCUT2D eigenvalue weighted by Gasteiger charge is 2.31. The molecule has 0 radical (unpaired) electrons. The highest BCUT2D eigenvalue weighted by molar-refractivity contribution is 5.85. The lowest BCUT2D eigenvalue weighted by Crippen LogP contribution is -2.43. The summed E-state index contributed by atoms with van der Waals surface area (Å²) < 4.78 is 39.2. The summed E-state index contributed by atoms with van der Waals surface area (Å²) in [6, 6.07) is 3.47. The first kappa shape index (κ1) is 24.3. The van der Waals surface area contributed by atoms with E-state index in [1.54, 1.807) is 0 Å². The molecule has 1 fully saturated rings. The van der Waals surface area contributed by atoms with Crippen LogP contribution in [0, 0.1) is 0 Å². The summed E-state index contributed by atoms with van der Waals surface area (Å²) in [4.78, 5) is 11.4. The van der Waals surface area contributed by atoms with E-state index in [0.717, 1.165) is 74.4 Å². The Morgan fingerprint density at radius 2 is 1.83 bits per heavy atom. The van der Waals surface area contributed by atoms with Gasteiger partial charge in [-0.15, -0.1) is 24.8 Å². The van der Waals surface area contributed by atoms with Gasteiger partial charge in [0.05, 0.1) is 11.3 Å². The van der Waals surface area contributed by atoms with Crippen LogP contribution in [0.4, 0.5) is 36.3 Å². The Morgan fingerprint density at radius 3 is 2.53 bits per heavy atom. The molecule has 2 aromatic rings. The molecule has 2 heterocycles. The van der Waals surface area contributed by atoms with Gasteiger partial charge < -0.3 is 21.7 Å². The van der Waals surface area contributed by atoms with E-state index in [9.17, 15) is 13.2 Å². The predicted octanol–water partition coefficient (Wildman–Crippen LogP) is 4.08. The molecule has 1 aliphatic heterocycles. The SMILES string of the molecule is Cl.Cl.Nc1cc(Nc2nc3c(c(N4CCCC(N)C4)n2)CCC3)cc(C(F)(F)F)c1. The molecule has 1 atom stereocenters. The monoisotopic (exact) mass is 464 g/mol. The van der Waals surface area contributed by atoms with Crippen LogP contribution in [-0.4, -0.2) is 29.1 Å². The summed E-state index contributed by atoms with van der Waals surface area (Å²) in [6.07, 6.45) is 0.249. The molecule has 1 aromatic carbocycles. The summed E-state index contributed by atoms with van der Waals surface area (Å²) in [5, 5.41) is 2.92. The van der Waals surface area contributed by atoms with Crippen LogP contribution in [-0.2, 0) is 19.0 Å². The topological polar surface area (TPSA) is 93.1 Å². The lowest BCUT2D eigenvalue weighted by Gasteiger charge is -2.33. The number of anilines is 4. The molecule has 5 N–H and O–H groups in total. The average Bonchev–Trinajstić information content (AvgIpc) is 3.08. The van der Waals surface area contributed by atoms with Crippen molar-refractivity contribution in [1.82, 2.24) is 9.97 Å². The summed E-state index contributed by atoms with van der Waals surface area (Å²) in [5.74, 6) is 1.13. The van der Waals surface area contributed by atoms with Crippen molar-refractivity contribution in [2.75, 3.05) is 29.0 Å². The van der Waals surface area contributed by atoms with E-state index in [1.165, 1.54) is 6.07 Å². The summed E-state index contributed by atoms with van der Waals surface area (Å²) in [7, 11) is 0. The number of fused-ring (bicyclic) bond motifs is 1. The van der Waals surface area contributed by atoms with Crippen molar-refractivity contribution in [2.45, 2.75) is 44.3 Å². The molecule has 6 nitrogen and oxygen atoms in total. The van der Waals surface area contributed by atoms with Crippen LogP contribution in [0.1, 0.15) is 36.1 Å². The van der Waals surface area contributed by atoms with Crippen molar-refractivity contribution in [3.63, 3.8) is 0 Å². The zero-order valence-corrected chi connectivity index (χ0v) is 17.8. The van der Waals surface area contributed by atoms with Gasteiger partial charge in [0.25, 0.3) is 0 Å². The molecule has 0 amide bonds. The van der Waals surface area contributed by atoms with Crippen LogP contribution in [0.5, 0.6) is 0 Å². The Bertz CT molecular complexity index is 893. The van der Waals surface area contributed by atoms with E-state index in [-0.39, 0.29) is 48.2 Å². The van der Waals surface area contributed by atoms with Crippen molar-refractivity contribution in [3.05, 3.63) is 35.0 Å². The van der Waals surface area contributed by atoms with Crippen LogP contribution in [0.15, 0.2) is 18.2 Å². The van der Waals surface area contributed by atoms with Gasteiger partial charge in [0.2, 0.25) is 5.95 Å². The number of benzene rings is 1. The summed E-state index contributed by atoms with van der Waals surface area (Å²) in [6.45, 7) is 1.59. The summed E-state index contributed by atoms with van der Waals surface area (Å²) in [5.41, 5.74) is 13.3. The van der Waals surface area contributed by atoms with Crippen LogP contribution in [0.3, 0.4) is 0 Å². The highest BCUT2D eigenvalue weighted by atomic mass is 35.5. The Hall–Kier alpha value is -1.97. The minimum Gasteiger partial charge on any atom is -0.399 e. The number of nitrogens with one attached hydrogen (secondary N) is 1. The van der Waals surface area contributed by atoms with Crippen molar-refractivity contribution in [1.29, 1.82) is 0 Å². The van der Waals surface area contributed by atoms with E-state index in [4.69, 9.17) is 11.5 Å². The fourth-order valence-electron chi connectivity index (χ4n) is 3.95. The molecule has 1 saturated heterocycles. The average molecular weight is 465 g/mol. The molecule has 0 bridgehead atoms. The first-order valence-corrected chi connectivity index (χ1v) is 9.45. The van der Waals surface area contributed by atoms with Crippen LogP contribution < -0.4 is 21.7 Å². The highest BCUT2D eigenvalue weighted by Crippen LogP contribution is 2.35. The van der Waals surface area contributed by atoms with Crippen LogP contribution in [0.25, 0.3) is 0 Å². The van der Waals surface area contributed by atoms with E-state index in [1.807, 2.05) is 0 Å². The Morgan fingerprint density at radius 1 is 1.07 bits per heavy atom. The van der Waals surface area contributed by atoms with Gasteiger partial charge in [-0.25, -0.2) is 4.98 Å². The summed E-state index contributed by atoms with van der Waals surface area (Å²) >= 11 is 0. The van der Waals surface area contributed by atoms with Crippen molar-refractivity contribution in [3.8, 4) is 0 Å². The smallest absolute Gasteiger partial charge is 0.399 e. The maximum Gasteiger partial charge on any atom is 0.416 e. The molecule has 2 aliphatic rings. The molecule has 0 saturated carbocycles. The lowest BCUT2D eigenvalue weighted by molar-refractivity contribution is -0.137. The molecule has 11 heteroatoms. The number of aromatic nitrogens is 2. The number of alkyl halides is 3. The van der Waals surface area contributed by atoms with Gasteiger partial charge in [-0.1, -0.05) is 0 Å². The Balaban J connectivity index is 0.00000160. The van der Waals surface area contributed by atoms with Gasteiger partial charge in [-0.05, 0) is 50.3 Å². The normalized spacial score (nSPS) is 18.3. The van der Waals surface area contributed by atoms with E-state index < -0.39 is 11.7 Å². The third-order valence-corrected chi connectivity index (χ3v) is 5.21. The number of halogens is 5. The molecule has 4 rings (SSSR count). The van der Waals surface area contributed by atoms with Crippen LogP contribution in [0.2, 0.25) is 0 Å².